The Morgan fingerprint density at radius 2 is 1.46 bits per heavy atom. The van der Waals surface area contributed by atoms with Crippen LogP contribution in [0.1, 0.15) is 18.4 Å². The Labute approximate surface area is 209 Å². The number of aromatic amines is 1. The number of primary amides is 1. The van der Waals surface area contributed by atoms with Crippen LogP contribution in [0.3, 0.4) is 0 Å². The van der Waals surface area contributed by atoms with E-state index in [0.717, 1.165) is 16.5 Å². The number of amides is 4. The SMILES string of the molecule is NC(=O)CC(NC(=O)C(CC(=O)O)NC(=O)C(CO)NC(=O)C(N)Cc1c[nH]c2ccccc12)C(=O)O. The van der Waals surface area contributed by atoms with Gasteiger partial charge in [-0.05, 0) is 18.1 Å². The van der Waals surface area contributed by atoms with Gasteiger partial charge in [0.1, 0.15) is 18.1 Å². The van der Waals surface area contributed by atoms with Crippen LogP contribution in [0.5, 0.6) is 0 Å². The van der Waals surface area contributed by atoms with Gasteiger partial charge in [0.2, 0.25) is 23.6 Å². The average molecular weight is 520 g/mol. The van der Waals surface area contributed by atoms with Gasteiger partial charge in [0, 0.05) is 17.1 Å². The van der Waals surface area contributed by atoms with Crippen LogP contribution in [-0.4, -0.2) is 86.6 Å². The molecule has 4 amide bonds. The van der Waals surface area contributed by atoms with Crippen LogP contribution >= 0.6 is 0 Å². The molecule has 2 rings (SSSR count). The molecular formula is C22H28N6O9. The molecule has 11 N–H and O–H groups in total. The van der Waals surface area contributed by atoms with Gasteiger partial charge in [0.25, 0.3) is 0 Å². The van der Waals surface area contributed by atoms with Crippen molar-refractivity contribution in [3.63, 3.8) is 0 Å². The summed E-state index contributed by atoms with van der Waals surface area (Å²) >= 11 is 0. The number of hydrogen-bond acceptors (Lipinski definition) is 8. The molecule has 1 heterocycles. The molecule has 1 aromatic heterocycles. The van der Waals surface area contributed by atoms with E-state index >= 15 is 0 Å². The van der Waals surface area contributed by atoms with Crippen molar-refractivity contribution in [3.8, 4) is 0 Å². The summed E-state index contributed by atoms with van der Waals surface area (Å²) in [7, 11) is 0. The quantitative estimate of drug-likeness (QED) is 0.121. The average Bonchev–Trinajstić information content (AvgIpc) is 3.23. The smallest absolute Gasteiger partial charge is 0.326 e. The molecule has 0 radical (unpaired) electrons. The highest BCUT2D eigenvalue weighted by molar-refractivity contribution is 5.96. The predicted molar refractivity (Wildman–Crippen MR) is 127 cm³/mol. The standard InChI is InChI=1S/C22H28N6O9/c23-12(5-10-8-25-13-4-2-1-3-11(10)13)19(33)28-16(9-29)21(35)26-14(7-18(31)32)20(34)27-15(22(36)37)6-17(24)30/h1-4,8,12,14-16,25,29H,5-7,9,23H2,(H2,24,30)(H,26,35)(H,27,34)(H,28,33)(H,31,32)(H,36,37). The number of rotatable bonds is 14. The number of benzene rings is 1. The van der Waals surface area contributed by atoms with Gasteiger partial charge in [-0.25, -0.2) is 4.79 Å². The van der Waals surface area contributed by atoms with Crippen LogP contribution in [0.2, 0.25) is 0 Å². The molecule has 0 saturated carbocycles. The third-order valence-corrected chi connectivity index (χ3v) is 5.30. The first-order valence-corrected chi connectivity index (χ1v) is 11.0. The summed E-state index contributed by atoms with van der Waals surface area (Å²) in [6.45, 7) is -0.918. The highest BCUT2D eigenvalue weighted by Gasteiger charge is 2.32. The minimum atomic E-state index is -1.80. The highest BCUT2D eigenvalue weighted by atomic mass is 16.4. The summed E-state index contributed by atoms with van der Waals surface area (Å²) in [5, 5.41) is 34.9. The number of carbonyl (C=O) groups excluding carboxylic acids is 4. The number of para-hydroxylation sites is 1. The second-order valence-electron chi connectivity index (χ2n) is 8.14. The number of H-pyrrole nitrogens is 1. The van der Waals surface area contributed by atoms with Gasteiger partial charge in [0.15, 0.2) is 0 Å². The fourth-order valence-corrected chi connectivity index (χ4v) is 3.43. The van der Waals surface area contributed by atoms with E-state index in [1.807, 2.05) is 34.9 Å². The van der Waals surface area contributed by atoms with E-state index in [9.17, 15) is 33.9 Å². The molecule has 0 aliphatic rings. The topological polar surface area (TPSA) is 267 Å². The highest BCUT2D eigenvalue weighted by Crippen LogP contribution is 2.18. The van der Waals surface area contributed by atoms with Gasteiger partial charge >= 0.3 is 11.9 Å². The second kappa shape index (κ2) is 13.0. The summed E-state index contributed by atoms with van der Waals surface area (Å²) in [4.78, 5) is 74.2. The first-order valence-electron chi connectivity index (χ1n) is 11.0. The van der Waals surface area contributed by atoms with Crippen molar-refractivity contribution in [2.24, 2.45) is 11.5 Å². The molecule has 0 aliphatic carbocycles. The number of carbonyl (C=O) groups is 6. The monoisotopic (exact) mass is 520 g/mol. The lowest BCUT2D eigenvalue weighted by Gasteiger charge is -2.23. The number of carboxylic acid groups (broad SMARTS) is 2. The zero-order valence-corrected chi connectivity index (χ0v) is 19.5. The number of aliphatic carboxylic acids is 2. The fourth-order valence-electron chi connectivity index (χ4n) is 3.43. The molecule has 2 aromatic rings. The summed E-state index contributed by atoms with van der Waals surface area (Å²) in [5.41, 5.74) is 12.5. The number of aliphatic hydroxyl groups is 1. The molecule has 15 nitrogen and oxygen atoms in total. The maximum atomic E-state index is 12.6. The lowest BCUT2D eigenvalue weighted by atomic mass is 10.0. The number of nitrogens with two attached hydrogens (primary N) is 2. The van der Waals surface area contributed by atoms with Gasteiger partial charge in [-0.15, -0.1) is 0 Å². The Balaban J connectivity index is 2.05. The molecule has 0 saturated heterocycles. The number of fused-ring (bicyclic) bond motifs is 1. The maximum absolute atomic E-state index is 12.6. The van der Waals surface area contributed by atoms with E-state index < -0.39 is 79.2 Å². The molecule has 1 aromatic carbocycles. The molecule has 0 bridgehead atoms. The Morgan fingerprint density at radius 3 is 2.05 bits per heavy atom. The lowest BCUT2D eigenvalue weighted by molar-refractivity contribution is -0.145. The minimum Gasteiger partial charge on any atom is -0.481 e. The number of carboxylic acids is 2. The van der Waals surface area contributed by atoms with Crippen LogP contribution in [-0.2, 0) is 35.2 Å². The first kappa shape index (κ1) is 28.7. The molecule has 4 unspecified atom stereocenters. The second-order valence-corrected chi connectivity index (χ2v) is 8.14. The molecule has 0 aliphatic heterocycles. The van der Waals surface area contributed by atoms with Crippen LogP contribution in [0, 0.1) is 0 Å². The van der Waals surface area contributed by atoms with Crippen LogP contribution in [0.25, 0.3) is 10.9 Å². The number of aliphatic hydroxyl groups excluding tert-OH is 1. The Kier molecular flexibility index (Phi) is 10.1. The van der Waals surface area contributed by atoms with Gasteiger partial charge in [0.05, 0.1) is 25.5 Å². The first-order chi connectivity index (χ1) is 17.4. The Hall–Kier alpha value is -4.50. The minimum absolute atomic E-state index is 0.0934. The molecule has 0 fully saturated rings. The van der Waals surface area contributed by atoms with Gasteiger partial charge in [-0.1, -0.05) is 18.2 Å². The molecule has 37 heavy (non-hydrogen) atoms. The summed E-state index contributed by atoms with van der Waals surface area (Å²) in [6, 6.07) is 1.02. The number of aromatic nitrogens is 1. The molecule has 4 atom stereocenters. The van der Waals surface area contributed by atoms with E-state index in [2.05, 4.69) is 10.3 Å². The summed E-state index contributed by atoms with van der Waals surface area (Å²) in [6.07, 6.45) is 0.0347. The fraction of sp³-hybridized carbons (Fsp3) is 0.364. The van der Waals surface area contributed by atoms with Crippen molar-refractivity contribution in [1.29, 1.82) is 0 Å². The van der Waals surface area contributed by atoms with E-state index in [1.54, 1.807) is 6.20 Å². The van der Waals surface area contributed by atoms with Crippen molar-refractivity contribution in [1.82, 2.24) is 20.9 Å². The molecular weight excluding hydrogens is 492 g/mol. The van der Waals surface area contributed by atoms with E-state index in [1.165, 1.54) is 0 Å². The molecule has 200 valence electrons. The van der Waals surface area contributed by atoms with Crippen molar-refractivity contribution in [2.75, 3.05) is 6.61 Å². The van der Waals surface area contributed by atoms with E-state index in [0.29, 0.717) is 0 Å². The van der Waals surface area contributed by atoms with Crippen LogP contribution in [0.4, 0.5) is 0 Å². The Morgan fingerprint density at radius 1 is 0.865 bits per heavy atom. The summed E-state index contributed by atoms with van der Waals surface area (Å²) < 4.78 is 0. The molecule has 0 spiro atoms. The van der Waals surface area contributed by atoms with Crippen LogP contribution in [0.15, 0.2) is 30.5 Å². The largest absolute Gasteiger partial charge is 0.481 e. The zero-order chi connectivity index (χ0) is 27.7. The van der Waals surface area contributed by atoms with Gasteiger partial charge in [-0.3, -0.25) is 24.0 Å². The van der Waals surface area contributed by atoms with Gasteiger partial charge < -0.3 is 47.7 Å². The van der Waals surface area contributed by atoms with Crippen molar-refractivity contribution < 1.29 is 44.1 Å². The maximum Gasteiger partial charge on any atom is 0.326 e. The number of nitrogens with one attached hydrogen (secondary N) is 4. The third-order valence-electron chi connectivity index (χ3n) is 5.30. The third kappa shape index (κ3) is 8.29. The Bertz CT molecular complexity index is 1180. The molecule has 15 heteroatoms. The van der Waals surface area contributed by atoms with Crippen molar-refractivity contribution in [3.05, 3.63) is 36.0 Å². The van der Waals surface area contributed by atoms with Crippen LogP contribution < -0.4 is 27.4 Å². The zero-order valence-electron chi connectivity index (χ0n) is 19.5. The van der Waals surface area contributed by atoms with Gasteiger partial charge in [-0.2, -0.15) is 0 Å². The summed E-state index contributed by atoms with van der Waals surface area (Å²) in [5.74, 6) is -7.34. The predicted octanol–water partition coefficient (Wildman–Crippen LogP) is -3.08. The lowest BCUT2D eigenvalue weighted by Crippen LogP contribution is -2.58. The van der Waals surface area contributed by atoms with E-state index in [-0.39, 0.29) is 6.42 Å². The number of hydrogen-bond donors (Lipinski definition) is 9. The van der Waals surface area contributed by atoms with E-state index in [4.69, 9.17) is 21.7 Å². The normalized spacial score (nSPS) is 14.1. The van der Waals surface area contributed by atoms with Crippen molar-refractivity contribution in [2.45, 2.75) is 43.4 Å². The van der Waals surface area contributed by atoms with Crippen molar-refractivity contribution >= 4 is 46.5 Å².